The van der Waals surface area contributed by atoms with Gasteiger partial charge in [-0.15, -0.1) is 0 Å². The first kappa shape index (κ1) is 13.1. The van der Waals surface area contributed by atoms with Crippen molar-refractivity contribution in [3.8, 4) is 0 Å². The molecule has 1 saturated heterocycles. The van der Waals surface area contributed by atoms with Crippen LogP contribution in [0.3, 0.4) is 0 Å². The maximum atomic E-state index is 11.9. The Balaban J connectivity index is 2.03. The van der Waals surface area contributed by atoms with Crippen molar-refractivity contribution in [2.45, 2.75) is 45.1 Å². The van der Waals surface area contributed by atoms with Gasteiger partial charge in [-0.3, -0.25) is 4.79 Å². The van der Waals surface area contributed by atoms with Crippen LogP contribution < -0.4 is 10.6 Å². The van der Waals surface area contributed by atoms with Crippen LogP contribution in [0, 0.1) is 0 Å². The molecule has 2 N–H and O–H groups in total. The molecule has 1 aromatic rings. The minimum Gasteiger partial charge on any atom is -0.435 e. The minimum absolute atomic E-state index is 0.199. The second kappa shape index (κ2) is 5.10. The van der Waals surface area contributed by atoms with E-state index in [9.17, 15) is 4.79 Å². The fourth-order valence-corrected chi connectivity index (χ4v) is 2.05. The standard InChI is InChI=1S/C13H21N3O2/c1-13(2,3)16-11(17)10-8-15-12(18-10)9-4-6-14-7-5-9/h8-9,14H,4-7H2,1-3H3,(H,16,17). The number of oxazole rings is 1. The highest BCUT2D eigenvalue weighted by atomic mass is 16.4. The van der Waals surface area contributed by atoms with Gasteiger partial charge in [-0.05, 0) is 46.7 Å². The number of nitrogens with zero attached hydrogens (tertiary/aromatic N) is 1. The van der Waals surface area contributed by atoms with Gasteiger partial charge in [-0.1, -0.05) is 0 Å². The van der Waals surface area contributed by atoms with E-state index < -0.39 is 0 Å². The summed E-state index contributed by atoms with van der Waals surface area (Å²) in [5, 5.41) is 6.16. The highest BCUT2D eigenvalue weighted by molar-refractivity contribution is 5.91. The minimum atomic E-state index is -0.265. The number of carbonyl (C=O) groups excluding carboxylic acids is 1. The third kappa shape index (κ3) is 3.32. The zero-order valence-corrected chi connectivity index (χ0v) is 11.2. The van der Waals surface area contributed by atoms with Gasteiger partial charge in [0.1, 0.15) is 0 Å². The van der Waals surface area contributed by atoms with Gasteiger partial charge in [-0.25, -0.2) is 4.98 Å². The molecule has 1 aliphatic heterocycles. The molecular weight excluding hydrogens is 230 g/mol. The number of nitrogens with one attached hydrogen (secondary N) is 2. The highest BCUT2D eigenvalue weighted by Crippen LogP contribution is 2.24. The lowest BCUT2D eigenvalue weighted by Crippen LogP contribution is -2.40. The summed E-state index contributed by atoms with van der Waals surface area (Å²) in [5.74, 6) is 1.13. The van der Waals surface area contributed by atoms with Gasteiger partial charge in [0.15, 0.2) is 5.89 Å². The van der Waals surface area contributed by atoms with Gasteiger partial charge in [0.05, 0.1) is 6.20 Å². The van der Waals surface area contributed by atoms with E-state index >= 15 is 0 Å². The lowest BCUT2D eigenvalue weighted by Gasteiger charge is -2.20. The lowest BCUT2D eigenvalue weighted by molar-refractivity contribution is 0.0888. The van der Waals surface area contributed by atoms with E-state index in [1.54, 1.807) is 0 Å². The van der Waals surface area contributed by atoms with Crippen LogP contribution in [0.2, 0.25) is 0 Å². The fourth-order valence-electron chi connectivity index (χ4n) is 2.05. The first-order chi connectivity index (χ1) is 8.46. The molecule has 0 aromatic carbocycles. The zero-order valence-electron chi connectivity index (χ0n) is 11.2. The summed E-state index contributed by atoms with van der Waals surface area (Å²) in [6, 6.07) is 0. The number of rotatable bonds is 2. The molecule has 5 nitrogen and oxygen atoms in total. The third-order valence-electron chi connectivity index (χ3n) is 2.92. The third-order valence-corrected chi connectivity index (χ3v) is 2.92. The molecule has 100 valence electrons. The maximum absolute atomic E-state index is 11.9. The fraction of sp³-hybridized carbons (Fsp3) is 0.692. The number of aromatic nitrogens is 1. The molecular formula is C13H21N3O2. The van der Waals surface area contributed by atoms with Crippen molar-refractivity contribution in [1.82, 2.24) is 15.6 Å². The molecule has 1 aromatic heterocycles. The van der Waals surface area contributed by atoms with Crippen LogP contribution in [-0.2, 0) is 0 Å². The summed E-state index contributed by atoms with van der Waals surface area (Å²) in [7, 11) is 0. The van der Waals surface area contributed by atoms with Gasteiger partial charge in [0, 0.05) is 11.5 Å². The zero-order chi connectivity index (χ0) is 13.2. The van der Waals surface area contributed by atoms with Crippen molar-refractivity contribution in [3.63, 3.8) is 0 Å². The number of piperidine rings is 1. The number of carbonyl (C=O) groups is 1. The Labute approximate surface area is 107 Å². The van der Waals surface area contributed by atoms with Crippen molar-refractivity contribution in [2.24, 2.45) is 0 Å². The second-order valence-electron chi connectivity index (χ2n) is 5.79. The number of hydrogen-bond donors (Lipinski definition) is 2. The first-order valence-corrected chi connectivity index (χ1v) is 6.45. The van der Waals surface area contributed by atoms with Crippen molar-refractivity contribution in [2.75, 3.05) is 13.1 Å². The Morgan fingerprint density at radius 3 is 2.72 bits per heavy atom. The van der Waals surface area contributed by atoms with Crippen molar-refractivity contribution >= 4 is 5.91 Å². The molecule has 5 heteroatoms. The maximum Gasteiger partial charge on any atom is 0.289 e. The van der Waals surface area contributed by atoms with Crippen LogP contribution in [0.1, 0.15) is 56.0 Å². The average molecular weight is 251 g/mol. The van der Waals surface area contributed by atoms with E-state index in [1.165, 1.54) is 6.20 Å². The summed E-state index contributed by atoms with van der Waals surface area (Å²) < 4.78 is 5.58. The van der Waals surface area contributed by atoms with Crippen LogP contribution in [0.5, 0.6) is 0 Å². The molecule has 18 heavy (non-hydrogen) atoms. The van der Waals surface area contributed by atoms with E-state index in [4.69, 9.17) is 4.42 Å². The number of hydrogen-bond acceptors (Lipinski definition) is 4. The molecule has 0 atom stereocenters. The lowest BCUT2D eigenvalue weighted by atomic mass is 9.98. The topological polar surface area (TPSA) is 67.2 Å². The molecule has 0 radical (unpaired) electrons. The van der Waals surface area contributed by atoms with Crippen molar-refractivity contribution in [3.05, 3.63) is 17.8 Å². The van der Waals surface area contributed by atoms with E-state index in [1.807, 2.05) is 20.8 Å². The molecule has 0 aliphatic carbocycles. The van der Waals surface area contributed by atoms with E-state index in [-0.39, 0.29) is 11.4 Å². The normalized spacial score (nSPS) is 17.7. The first-order valence-electron chi connectivity index (χ1n) is 6.45. The SMILES string of the molecule is CC(C)(C)NC(=O)c1cnc(C2CCNCC2)o1. The quantitative estimate of drug-likeness (QED) is 0.839. The molecule has 0 bridgehead atoms. The monoisotopic (exact) mass is 251 g/mol. The Kier molecular flexibility index (Phi) is 3.71. The van der Waals surface area contributed by atoms with Crippen molar-refractivity contribution in [1.29, 1.82) is 0 Å². The van der Waals surface area contributed by atoms with E-state index in [2.05, 4.69) is 15.6 Å². The van der Waals surface area contributed by atoms with Gasteiger partial charge >= 0.3 is 0 Å². The molecule has 1 fully saturated rings. The highest BCUT2D eigenvalue weighted by Gasteiger charge is 2.23. The smallest absolute Gasteiger partial charge is 0.289 e. The summed E-state index contributed by atoms with van der Waals surface area (Å²) in [6.07, 6.45) is 3.56. The molecule has 1 aliphatic rings. The molecule has 2 rings (SSSR count). The van der Waals surface area contributed by atoms with Gasteiger partial charge < -0.3 is 15.1 Å². The van der Waals surface area contributed by atoms with Gasteiger partial charge in [0.2, 0.25) is 5.76 Å². The number of amides is 1. The Hall–Kier alpha value is -1.36. The molecule has 0 spiro atoms. The molecule has 0 saturated carbocycles. The summed E-state index contributed by atoms with van der Waals surface area (Å²) in [5.41, 5.74) is -0.265. The van der Waals surface area contributed by atoms with Gasteiger partial charge in [0.25, 0.3) is 5.91 Å². The van der Waals surface area contributed by atoms with E-state index in [0.29, 0.717) is 17.6 Å². The Bertz CT molecular complexity index is 414. The summed E-state index contributed by atoms with van der Waals surface area (Å²) in [6.45, 7) is 7.78. The van der Waals surface area contributed by atoms with Crippen molar-refractivity contribution < 1.29 is 9.21 Å². The predicted molar refractivity (Wildman–Crippen MR) is 68.6 cm³/mol. The van der Waals surface area contributed by atoms with E-state index in [0.717, 1.165) is 25.9 Å². The summed E-state index contributed by atoms with van der Waals surface area (Å²) in [4.78, 5) is 16.1. The average Bonchev–Trinajstić information content (AvgIpc) is 2.77. The van der Waals surface area contributed by atoms with Crippen LogP contribution in [0.15, 0.2) is 10.6 Å². The molecule has 0 unspecified atom stereocenters. The van der Waals surface area contributed by atoms with Crippen LogP contribution >= 0.6 is 0 Å². The molecule has 2 heterocycles. The van der Waals surface area contributed by atoms with Crippen LogP contribution in [0.4, 0.5) is 0 Å². The largest absolute Gasteiger partial charge is 0.435 e. The summed E-state index contributed by atoms with van der Waals surface area (Å²) >= 11 is 0. The molecule has 1 amide bonds. The predicted octanol–water partition coefficient (Wildman–Crippen LogP) is 1.67. The second-order valence-corrected chi connectivity index (χ2v) is 5.79. The van der Waals surface area contributed by atoms with Gasteiger partial charge in [-0.2, -0.15) is 0 Å². The Morgan fingerprint density at radius 2 is 2.11 bits per heavy atom. The van der Waals surface area contributed by atoms with Crippen LogP contribution in [-0.4, -0.2) is 29.5 Å². The Morgan fingerprint density at radius 1 is 1.44 bits per heavy atom. The van der Waals surface area contributed by atoms with Crippen LogP contribution in [0.25, 0.3) is 0 Å².